The number of carbonyl (C=O) groups excluding carboxylic acids is 1. The summed E-state index contributed by atoms with van der Waals surface area (Å²) in [4.78, 5) is 22.3. The molecule has 2 aromatic carbocycles. The molecule has 0 saturated heterocycles. The normalized spacial score (nSPS) is 15.7. The molecule has 7 nitrogen and oxygen atoms in total. The number of fused-ring (bicyclic) bond motifs is 1. The van der Waals surface area contributed by atoms with E-state index in [0.717, 1.165) is 0 Å². The predicted molar refractivity (Wildman–Crippen MR) is 81.8 cm³/mol. The van der Waals surface area contributed by atoms with Crippen molar-refractivity contribution >= 4 is 11.6 Å². The second-order valence-corrected chi connectivity index (χ2v) is 5.02. The zero-order chi connectivity index (χ0) is 16.2. The van der Waals surface area contributed by atoms with Crippen LogP contribution in [0.2, 0.25) is 0 Å². The Kier molecular flexibility index (Phi) is 4.09. The molecule has 2 aromatic rings. The lowest BCUT2D eigenvalue weighted by atomic mass is 10.2. The third kappa shape index (κ3) is 3.39. The standard InChI is InChI=1S/C16H14N2O5/c19-16(11-4-3-5-12(8-11)18(20)21)17-9-13-10-22-14-6-1-2-7-15(14)23-13/h1-8,13H,9-10H2,(H,17,19)/t13-/m0/s1. The first-order chi connectivity index (χ1) is 11.1. The highest BCUT2D eigenvalue weighted by molar-refractivity contribution is 5.94. The molecule has 0 aromatic heterocycles. The summed E-state index contributed by atoms with van der Waals surface area (Å²) in [7, 11) is 0. The van der Waals surface area contributed by atoms with Gasteiger partial charge in [-0.1, -0.05) is 18.2 Å². The van der Waals surface area contributed by atoms with Crippen LogP contribution in [0.25, 0.3) is 0 Å². The van der Waals surface area contributed by atoms with Crippen LogP contribution in [0.15, 0.2) is 48.5 Å². The summed E-state index contributed by atoms with van der Waals surface area (Å²) in [5.41, 5.74) is 0.111. The number of benzene rings is 2. The molecule has 118 valence electrons. The highest BCUT2D eigenvalue weighted by atomic mass is 16.6. The van der Waals surface area contributed by atoms with E-state index < -0.39 is 10.8 Å². The molecule has 1 N–H and O–H groups in total. The number of non-ortho nitro benzene ring substituents is 1. The van der Waals surface area contributed by atoms with Gasteiger partial charge in [0.05, 0.1) is 11.5 Å². The van der Waals surface area contributed by atoms with Gasteiger partial charge in [0, 0.05) is 17.7 Å². The van der Waals surface area contributed by atoms with Crippen LogP contribution in [0.3, 0.4) is 0 Å². The molecule has 0 saturated carbocycles. The molecule has 0 unspecified atom stereocenters. The minimum Gasteiger partial charge on any atom is -0.486 e. The average molecular weight is 314 g/mol. The summed E-state index contributed by atoms with van der Waals surface area (Å²) in [5.74, 6) is 0.915. The molecule has 0 bridgehead atoms. The summed E-state index contributed by atoms with van der Waals surface area (Å²) in [6.45, 7) is 0.572. The number of nitro groups is 1. The minimum absolute atomic E-state index is 0.121. The first kappa shape index (κ1) is 14.8. The third-order valence-corrected chi connectivity index (χ3v) is 3.38. The van der Waals surface area contributed by atoms with Gasteiger partial charge in [-0.25, -0.2) is 0 Å². The van der Waals surface area contributed by atoms with Crippen molar-refractivity contribution in [3.63, 3.8) is 0 Å². The lowest BCUT2D eigenvalue weighted by molar-refractivity contribution is -0.384. The van der Waals surface area contributed by atoms with Crippen LogP contribution in [-0.4, -0.2) is 30.1 Å². The zero-order valence-corrected chi connectivity index (χ0v) is 12.1. The molecule has 1 aliphatic rings. The van der Waals surface area contributed by atoms with Gasteiger partial charge in [-0.3, -0.25) is 14.9 Å². The van der Waals surface area contributed by atoms with E-state index in [-0.39, 0.29) is 23.9 Å². The van der Waals surface area contributed by atoms with Crippen LogP contribution in [0.5, 0.6) is 11.5 Å². The number of hydrogen-bond donors (Lipinski definition) is 1. The lowest BCUT2D eigenvalue weighted by Crippen LogP contribution is -2.40. The fraction of sp³-hybridized carbons (Fsp3) is 0.188. The van der Waals surface area contributed by atoms with E-state index in [1.807, 2.05) is 18.2 Å². The Hall–Kier alpha value is -3.09. The number of hydrogen-bond acceptors (Lipinski definition) is 5. The first-order valence-electron chi connectivity index (χ1n) is 7.04. The SMILES string of the molecule is O=C(NC[C@H]1COc2ccccc2O1)c1cccc([N+](=O)[O-])c1. The van der Waals surface area contributed by atoms with Gasteiger partial charge in [-0.2, -0.15) is 0 Å². The minimum atomic E-state index is -0.536. The van der Waals surface area contributed by atoms with Gasteiger partial charge < -0.3 is 14.8 Å². The molecule has 1 heterocycles. The molecule has 1 amide bonds. The van der Waals surface area contributed by atoms with E-state index >= 15 is 0 Å². The topological polar surface area (TPSA) is 90.7 Å². The van der Waals surface area contributed by atoms with Crippen LogP contribution >= 0.6 is 0 Å². The fourth-order valence-corrected chi connectivity index (χ4v) is 2.23. The van der Waals surface area contributed by atoms with Crippen molar-refractivity contribution < 1.29 is 19.2 Å². The summed E-state index contributed by atoms with van der Waals surface area (Å²) < 4.78 is 11.3. The highest BCUT2D eigenvalue weighted by Crippen LogP contribution is 2.30. The number of nitrogens with one attached hydrogen (secondary N) is 1. The van der Waals surface area contributed by atoms with E-state index in [2.05, 4.69) is 5.32 Å². The van der Waals surface area contributed by atoms with Gasteiger partial charge in [0.25, 0.3) is 11.6 Å². The van der Waals surface area contributed by atoms with Gasteiger partial charge >= 0.3 is 0 Å². The molecule has 0 spiro atoms. The molecule has 0 aliphatic carbocycles. The van der Waals surface area contributed by atoms with E-state index in [1.165, 1.54) is 24.3 Å². The van der Waals surface area contributed by atoms with Gasteiger partial charge in [-0.15, -0.1) is 0 Å². The summed E-state index contributed by atoms with van der Waals surface area (Å²) in [6, 6.07) is 12.9. The third-order valence-electron chi connectivity index (χ3n) is 3.38. The average Bonchev–Trinajstić information content (AvgIpc) is 2.59. The Morgan fingerprint density at radius 2 is 2.00 bits per heavy atom. The number of amides is 1. The van der Waals surface area contributed by atoms with Crippen molar-refractivity contribution in [2.24, 2.45) is 0 Å². The van der Waals surface area contributed by atoms with Crippen molar-refractivity contribution in [1.29, 1.82) is 0 Å². The molecular weight excluding hydrogens is 300 g/mol. The van der Waals surface area contributed by atoms with Crippen LogP contribution in [0.4, 0.5) is 5.69 Å². The van der Waals surface area contributed by atoms with Crippen LogP contribution in [0, 0.1) is 10.1 Å². The van der Waals surface area contributed by atoms with Crippen molar-refractivity contribution in [2.75, 3.05) is 13.2 Å². The summed E-state index contributed by atoms with van der Waals surface area (Å²) in [6.07, 6.45) is -0.312. The first-order valence-corrected chi connectivity index (χ1v) is 7.04. The molecule has 7 heteroatoms. The number of para-hydroxylation sites is 2. The fourth-order valence-electron chi connectivity index (χ4n) is 2.23. The Balaban J connectivity index is 1.60. The summed E-state index contributed by atoms with van der Waals surface area (Å²) in [5, 5.41) is 13.4. The quantitative estimate of drug-likeness (QED) is 0.690. The van der Waals surface area contributed by atoms with E-state index in [0.29, 0.717) is 18.1 Å². The number of rotatable bonds is 4. The smallest absolute Gasteiger partial charge is 0.270 e. The van der Waals surface area contributed by atoms with Gasteiger partial charge in [0.1, 0.15) is 12.7 Å². The molecule has 23 heavy (non-hydrogen) atoms. The van der Waals surface area contributed by atoms with Gasteiger partial charge in [-0.05, 0) is 18.2 Å². The highest BCUT2D eigenvalue weighted by Gasteiger charge is 2.21. The zero-order valence-electron chi connectivity index (χ0n) is 12.1. The van der Waals surface area contributed by atoms with Crippen LogP contribution < -0.4 is 14.8 Å². The number of carbonyl (C=O) groups is 1. The van der Waals surface area contributed by atoms with Crippen molar-refractivity contribution in [1.82, 2.24) is 5.32 Å². The van der Waals surface area contributed by atoms with Gasteiger partial charge in [0.15, 0.2) is 11.5 Å². The number of nitrogens with zero attached hydrogens (tertiary/aromatic N) is 1. The monoisotopic (exact) mass is 314 g/mol. The van der Waals surface area contributed by atoms with Gasteiger partial charge in [0.2, 0.25) is 0 Å². The van der Waals surface area contributed by atoms with Crippen molar-refractivity contribution in [3.8, 4) is 11.5 Å². The molecule has 1 atom stereocenters. The maximum absolute atomic E-state index is 12.1. The van der Waals surface area contributed by atoms with Crippen molar-refractivity contribution in [2.45, 2.75) is 6.10 Å². The van der Waals surface area contributed by atoms with Crippen LogP contribution in [-0.2, 0) is 0 Å². The maximum Gasteiger partial charge on any atom is 0.270 e. The molecule has 0 radical (unpaired) electrons. The van der Waals surface area contributed by atoms with E-state index in [4.69, 9.17) is 9.47 Å². The van der Waals surface area contributed by atoms with E-state index in [9.17, 15) is 14.9 Å². The Morgan fingerprint density at radius 1 is 1.22 bits per heavy atom. The second kappa shape index (κ2) is 6.35. The molecule has 1 aliphatic heterocycles. The van der Waals surface area contributed by atoms with E-state index in [1.54, 1.807) is 6.07 Å². The largest absolute Gasteiger partial charge is 0.486 e. The lowest BCUT2D eigenvalue weighted by Gasteiger charge is -2.26. The van der Waals surface area contributed by atoms with Crippen molar-refractivity contribution in [3.05, 3.63) is 64.2 Å². The van der Waals surface area contributed by atoms with Crippen LogP contribution in [0.1, 0.15) is 10.4 Å². The predicted octanol–water partition coefficient (Wildman–Crippen LogP) is 2.16. The Bertz CT molecular complexity index is 747. The number of nitro benzene ring substituents is 1. The number of ether oxygens (including phenoxy) is 2. The second-order valence-electron chi connectivity index (χ2n) is 5.02. The molecular formula is C16H14N2O5. The summed E-state index contributed by atoms with van der Waals surface area (Å²) >= 11 is 0. The molecule has 3 rings (SSSR count). The maximum atomic E-state index is 12.1. The Morgan fingerprint density at radius 3 is 2.78 bits per heavy atom. The Labute approximate surface area is 132 Å². The molecule has 0 fully saturated rings.